The summed E-state index contributed by atoms with van der Waals surface area (Å²) in [4.78, 5) is 18.7. The molecule has 0 spiro atoms. The summed E-state index contributed by atoms with van der Waals surface area (Å²) < 4.78 is 14.5. The zero-order chi connectivity index (χ0) is 12.0. The Morgan fingerprint density at radius 3 is 2.75 bits per heavy atom. The van der Waals surface area contributed by atoms with Crippen molar-refractivity contribution in [2.45, 2.75) is 0 Å². The van der Waals surface area contributed by atoms with Crippen molar-refractivity contribution in [2.75, 3.05) is 27.4 Å². The van der Waals surface area contributed by atoms with Crippen LogP contribution in [0, 0.1) is 0 Å². The summed E-state index contributed by atoms with van der Waals surface area (Å²) in [6.07, 6.45) is 0. The maximum Gasteiger partial charge on any atom is 0.356 e. The molecule has 0 unspecified atom stereocenters. The highest BCUT2D eigenvalue weighted by atomic mass is 35.5. The predicted octanol–water partition coefficient (Wildman–Crippen LogP) is 0.942. The molecule has 0 aliphatic carbocycles. The Kier molecular flexibility index (Phi) is 4.94. The molecule has 0 aliphatic rings. The van der Waals surface area contributed by atoms with E-state index in [4.69, 9.17) is 21.1 Å². The molecule has 0 saturated heterocycles. The Balaban J connectivity index is 2.77. The first-order chi connectivity index (χ1) is 7.67. The largest absolute Gasteiger partial charge is 0.475 e. The highest BCUT2D eigenvalue weighted by Crippen LogP contribution is 2.13. The van der Waals surface area contributed by atoms with Crippen molar-refractivity contribution in [3.8, 4) is 5.88 Å². The van der Waals surface area contributed by atoms with Crippen LogP contribution in [0.3, 0.4) is 0 Å². The van der Waals surface area contributed by atoms with Gasteiger partial charge in [-0.15, -0.1) is 0 Å². The van der Waals surface area contributed by atoms with Crippen LogP contribution in [0.2, 0.25) is 5.28 Å². The average molecular weight is 247 g/mol. The molecule has 0 aliphatic heterocycles. The van der Waals surface area contributed by atoms with Gasteiger partial charge in [-0.3, -0.25) is 0 Å². The van der Waals surface area contributed by atoms with Crippen molar-refractivity contribution in [1.82, 2.24) is 9.97 Å². The summed E-state index contributed by atoms with van der Waals surface area (Å²) in [5, 5.41) is -0.0738. The topological polar surface area (TPSA) is 70.5 Å². The fraction of sp³-hybridized carbons (Fsp3) is 0.444. The fourth-order valence-electron chi connectivity index (χ4n) is 0.909. The molecular weight excluding hydrogens is 236 g/mol. The van der Waals surface area contributed by atoms with Gasteiger partial charge in [-0.05, 0) is 11.6 Å². The van der Waals surface area contributed by atoms with E-state index in [9.17, 15) is 4.79 Å². The monoisotopic (exact) mass is 246 g/mol. The Morgan fingerprint density at radius 1 is 1.38 bits per heavy atom. The Morgan fingerprint density at radius 2 is 2.12 bits per heavy atom. The molecule has 0 saturated carbocycles. The van der Waals surface area contributed by atoms with E-state index in [1.165, 1.54) is 13.2 Å². The number of esters is 1. The first-order valence-corrected chi connectivity index (χ1v) is 4.79. The number of rotatable bonds is 5. The molecule has 1 aromatic heterocycles. The molecule has 7 heteroatoms. The highest BCUT2D eigenvalue weighted by molar-refractivity contribution is 6.28. The molecule has 1 heterocycles. The number of methoxy groups -OCH3 is 2. The van der Waals surface area contributed by atoms with Gasteiger partial charge in [0.1, 0.15) is 6.61 Å². The minimum Gasteiger partial charge on any atom is -0.475 e. The second-order valence-corrected chi connectivity index (χ2v) is 3.03. The molecule has 0 aromatic carbocycles. The summed E-state index contributed by atoms with van der Waals surface area (Å²) in [6, 6.07) is 1.35. The molecule has 0 radical (unpaired) electrons. The van der Waals surface area contributed by atoms with Crippen molar-refractivity contribution < 1.29 is 19.0 Å². The lowest BCUT2D eigenvalue weighted by molar-refractivity contribution is 0.0593. The molecule has 0 N–H and O–H groups in total. The molecule has 0 amide bonds. The van der Waals surface area contributed by atoms with Crippen molar-refractivity contribution in [3.63, 3.8) is 0 Å². The zero-order valence-electron chi connectivity index (χ0n) is 8.90. The lowest BCUT2D eigenvalue weighted by atomic mass is 10.4. The van der Waals surface area contributed by atoms with E-state index < -0.39 is 5.97 Å². The van der Waals surface area contributed by atoms with E-state index in [1.54, 1.807) is 7.11 Å². The molecule has 16 heavy (non-hydrogen) atoms. The van der Waals surface area contributed by atoms with E-state index in [-0.39, 0.29) is 16.9 Å². The molecule has 0 fully saturated rings. The van der Waals surface area contributed by atoms with Gasteiger partial charge in [-0.25, -0.2) is 9.78 Å². The van der Waals surface area contributed by atoms with Crippen LogP contribution in [-0.4, -0.2) is 43.4 Å². The Hall–Kier alpha value is -1.40. The quantitative estimate of drug-likeness (QED) is 0.438. The van der Waals surface area contributed by atoms with Gasteiger partial charge in [-0.1, -0.05) is 0 Å². The van der Waals surface area contributed by atoms with Crippen molar-refractivity contribution >= 4 is 17.6 Å². The van der Waals surface area contributed by atoms with Crippen LogP contribution in [0.4, 0.5) is 0 Å². The lowest BCUT2D eigenvalue weighted by Crippen LogP contribution is -2.09. The van der Waals surface area contributed by atoms with Gasteiger partial charge in [0, 0.05) is 13.2 Å². The van der Waals surface area contributed by atoms with Crippen LogP contribution in [0.25, 0.3) is 0 Å². The number of aromatic nitrogens is 2. The predicted molar refractivity (Wildman–Crippen MR) is 55.8 cm³/mol. The average Bonchev–Trinajstić information content (AvgIpc) is 2.27. The number of ether oxygens (including phenoxy) is 3. The van der Waals surface area contributed by atoms with Crippen molar-refractivity contribution in [2.24, 2.45) is 0 Å². The van der Waals surface area contributed by atoms with Gasteiger partial charge in [0.15, 0.2) is 5.69 Å². The maximum absolute atomic E-state index is 11.2. The van der Waals surface area contributed by atoms with E-state index in [1.807, 2.05) is 0 Å². The summed E-state index contributed by atoms with van der Waals surface area (Å²) in [5.74, 6) is -0.390. The second kappa shape index (κ2) is 6.24. The minimum atomic E-state index is -0.596. The Labute approximate surface area is 97.5 Å². The number of halogens is 1. The third kappa shape index (κ3) is 3.63. The molecule has 1 rings (SSSR count). The lowest BCUT2D eigenvalue weighted by Gasteiger charge is -2.05. The molecule has 88 valence electrons. The van der Waals surface area contributed by atoms with E-state index in [2.05, 4.69) is 14.7 Å². The highest BCUT2D eigenvalue weighted by Gasteiger charge is 2.11. The summed E-state index contributed by atoms with van der Waals surface area (Å²) in [6.45, 7) is 0.722. The summed E-state index contributed by atoms with van der Waals surface area (Å²) >= 11 is 5.62. The van der Waals surface area contributed by atoms with Crippen LogP contribution < -0.4 is 4.74 Å². The molecule has 0 atom stereocenters. The number of carbonyl (C=O) groups is 1. The van der Waals surface area contributed by atoms with E-state index >= 15 is 0 Å². The molecule has 1 aromatic rings. The van der Waals surface area contributed by atoms with Crippen LogP contribution in [0.15, 0.2) is 6.07 Å². The van der Waals surface area contributed by atoms with Gasteiger partial charge in [-0.2, -0.15) is 4.98 Å². The van der Waals surface area contributed by atoms with Crippen molar-refractivity contribution in [3.05, 3.63) is 17.0 Å². The van der Waals surface area contributed by atoms with Gasteiger partial charge >= 0.3 is 5.97 Å². The van der Waals surface area contributed by atoms with Crippen LogP contribution in [0.1, 0.15) is 10.5 Å². The van der Waals surface area contributed by atoms with Crippen LogP contribution in [0.5, 0.6) is 5.88 Å². The number of hydrogen-bond donors (Lipinski definition) is 0. The Bertz CT molecular complexity index is 373. The van der Waals surface area contributed by atoms with E-state index in [0.717, 1.165) is 0 Å². The first-order valence-electron chi connectivity index (χ1n) is 4.42. The number of hydrogen-bond acceptors (Lipinski definition) is 6. The molecular formula is C9H11ClN2O4. The number of carbonyl (C=O) groups excluding carboxylic acids is 1. The minimum absolute atomic E-state index is 0.0508. The van der Waals surface area contributed by atoms with E-state index in [0.29, 0.717) is 13.2 Å². The van der Waals surface area contributed by atoms with Gasteiger partial charge in [0.2, 0.25) is 11.2 Å². The molecule has 0 bridgehead atoms. The van der Waals surface area contributed by atoms with Crippen molar-refractivity contribution in [1.29, 1.82) is 0 Å². The van der Waals surface area contributed by atoms with Crippen LogP contribution in [-0.2, 0) is 9.47 Å². The second-order valence-electron chi connectivity index (χ2n) is 2.69. The fourth-order valence-corrected chi connectivity index (χ4v) is 1.08. The standard InChI is InChI=1S/C9H11ClN2O4/c1-14-3-4-16-7-5-6(8(13)15-2)11-9(10)12-7/h5H,3-4H2,1-2H3. The van der Waals surface area contributed by atoms with Gasteiger partial charge in [0.05, 0.1) is 13.7 Å². The number of nitrogens with zero attached hydrogens (tertiary/aromatic N) is 2. The summed E-state index contributed by atoms with van der Waals surface area (Å²) in [7, 11) is 2.81. The summed E-state index contributed by atoms with van der Waals surface area (Å²) in [5.41, 5.74) is 0.0508. The van der Waals surface area contributed by atoms with Gasteiger partial charge < -0.3 is 14.2 Å². The van der Waals surface area contributed by atoms with Crippen LogP contribution >= 0.6 is 11.6 Å². The zero-order valence-corrected chi connectivity index (χ0v) is 9.65. The SMILES string of the molecule is COCCOc1cc(C(=O)OC)nc(Cl)n1. The third-order valence-electron chi connectivity index (χ3n) is 1.61. The normalized spacial score (nSPS) is 9.94. The smallest absolute Gasteiger partial charge is 0.356 e. The molecule has 6 nitrogen and oxygen atoms in total. The maximum atomic E-state index is 11.2. The van der Waals surface area contributed by atoms with Gasteiger partial charge in [0.25, 0.3) is 0 Å². The first kappa shape index (κ1) is 12.7. The third-order valence-corrected chi connectivity index (χ3v) is 1.78.